The molecule has 0 spiro atoms. The SMILES string of the molecule is COc1ccccc1C(=O)COC(=O)[C@H](CC(C)C)N1C(=O)c2ccccc2C1=O. The fraction of sp³-hybridized carbons (Fsp3) is 0.304. The van der Waals surface area contributed by atoms with Crippen molar-refractivity contribution in [3.05, 3.63) is 65.2 Å². The summed E-state index contributed by atoms with van der Waals surface area (Å²) in [5.74, 6) is -1.91. The van der Waals surface area contributed by atoms with Crippen molar-refractivity contribution in [3.8, 4) is 5.75 Å². The van der Waals surface area contributed by atoms with E-state index < -0.39 is 36.2 Å². The van der Waals surface area contributed by atoms with Crippen LogP contribution in [0.3, 0.4) is 0 Å². The molecule has 1 heterocycles. The highest BCUT2D eigenvalue weighted by Crippen LogP contribution is 2.27. The molecule has 0 aliphatic carbocycles. The number of ketones is 1. The molecule has 30 heavy (non-hydrogen) atoms. The van der Waals surface area contributed by atoms with Gasteiger partial charge in [0, 0.05) is 0 Å². The summed E-state index contributed by atoms with van der Waals surface area (Å²) in [6.07, 6.45) is 0.229. The second-order valence-electron chi connectivity index (χ2n) is 7.40. The van der Waals surface area contributed by atoms with Crippen molar-refractivity contribution in [2.75, 3.05) is 13.7 Å². The topological polar surface area (TPSA) is 90.0 Å². The van der Waals surface area contributed by atoms with Crippen LogP contribution in [0.15, 0.2) is 48.5 Å². The van der Waals surface area contributed by atoms with Gasteiger partial charge in [0.15, 0.2) is 6.61 Å². The number of benzene rings is 2. The molecule has 0 unspecified atom stereocenters. The molecule has 7 heteroatoms. The molecule has 0 saturated carbocycles. The van der Waals surface area contributed by atoms with E-state index in [1.165, 1.54) is 7.11 Å². The van der Waals surface area contributed by atoms with Crippen LogP contribution < -0.4 is 4.74 Å². The van der Waals surface area contributed by atoms with Crippen molar-refractivity contribution in [1.29, 1.82) is 0 Å². The average molecular weight is 409 g/mol. The smallest absolute Gasteiger partial charge is 0.329 e. The molecule has 0 fully saturated rings. The minimum Gasteiger partial charge on any atom is -0.496 e. The summed E-state index contributed by atoms with van der Waals surface area (Å²) in [4.78, 5) is 51.9. The van der Waals surface area contributed by atoms with Gasteiger partial charge in [-0.15, -0.1) is 0 Å². The number of fused-ring (bicyclic) bond motifs is 1. The quantitative estimate of drug-likeness (QED) is 0.378. The van der Waals surface area contributed by atoms with E-state index in [0.29, 0.717) is 5.75 Å². The van der Waals surface area contributed by atoms with Gasteiger partial charge in [0.05, 0.1) is 23.8 Å². The molecule has 1 atom stereocenters. The first-order valence-electron chi connectivity index (χ1n) is 9.65. The number of hydrogen-bond donors (Lipinski definition) is 0. The van der Waals surface area contributed by atoms with Gasteiger partial charge in [-0.1, -0.05) is 38.1 Å². The molecule has 0 bridgehead atoms. The Labute approximate surface area is 174 Å². The van der Waals surface area contributed by atoms with Crippen molar-refractivity contribution < 1.29 is 28.7 Å². The van der Waals surface area contributed by atoms with Crippen molar-refractivity contribution >= 4 is 23.6 Å². The van der Waals surface area contributed by atoms with Gasteiger partial charge in [-0.25, -0.2) is 4.79 Å². The highest BCUT2D eigenvalue weighted by Gasteiger charge is 2.43. The van der Waals surface area contributed by atoms with Crippen LogP contribution in [0.4, 0.5) is 0 Å². The fourth-order valence-corrected chi connectivity index (χ4v) is 3.43. The van der Waals surface area contributed by atoms with Crippen molar-refractivity contribution in [2.24, 2.45) is 5.92 Å². The van der Waals surface area contributed by atoms with Crippen LogP contribution in [0, 0.1) is 5.92 Å². The number of para-hydroxylation sites is 1. The number of amides is 2. The number of esters is 1. The molecular weight excluding hydrogens is 386 g/mol. The van der Waals surface area contributed by atoms with Gasteiger partial charge >= 0.3 is 5.97 Å². The summed E-state index contributed by atoms with van der Waals surface area (Å²) < 4.78 is 10.4. The normalized spacial score (nSPS) is 13.9. The summed E-state index contributed by atoms with van der Waals surface area (Å²) >= 11 is 0. The minimum absolute atomic E-state index is 0.0109. The standard InChI is InChI=1S/C23H23NO6/c1-14(2)12-18(24-21(26)15-8-4-5-9-16(15)22(24)27)23(28)30-13-19(25)17-10-6-7-11-20(17)29-3/h4-11,14,18H,12-13H2,1-3H3/t18-/m0/s1. The van der Waals surface area contributed by atoms with Crippen LogP contribution in [0.2, 0.25) is 0 Å². The van der Waals surface area contributed by atoms with Crippen LogP contribution in [-0.2, 0) is 9.53 Å². The lowest BCUT2D eigenvalue weighted by molar-refractivity contribution is -0.147. The number of methoxy groups -OCH3 is 1. The molecule has 1 aliphatic rings. The fourth-order valence-electron chi connectivity index (χ4n) is 3.43. The Hall–Kier alpha value is -3.48. The molecular formula is C23H23NO6. The maximum absolute atomic E-state index is 12.8. The Morgan fingerprint density at radius 2 is 1.50 bits per heavy atom. The Morgan fingerprint density at radius 1 is 0.933 bits per heavy atom. The number of nitrogens with zero attached hydrogens (tertiary/aromatic N) is 1. The van der Waals surface area contributed by atoms with Gasteiger partial charge in [-0.3, -0.25) is 19.3 Å². The Kier molecular flexibility index (Phi) is 6.30. The highest BCUT2D eigenvalue weighted by molar-refractivity contribution is 6.22. The van der Waals surface area contributed by atoms with Crippen LogP contribution >= 0.6 is 0 Å². The van der Waals surface area contributed by atoms with E-state index >= 15 is 0 Å². The minimum atomic E-state index is -1.11. The predicted octanol–water partition coefficient (Wildman–Crippen LogP) is 3.13. The lowest BCUT2D eigenvalue weighted by atomic mass is 10.0. The number of carbonyl (C=O) groups excluding carboxylic acids is 4. The number of carbonyl (C=O) groups is 4. The number of hydrogen-bond acceptors (Lipinski definition) is 6. The van der Waals surface area contributed by atoms with Gasteiger partial charge in [0.1, 0.15) is 11.8 Å². The van der Waals surface area contributed by atoms with Gasteiger partial charge in [0.25, 0.3) is 11.8 Å². The summed E-state index contributed by atoms with van der Waals surface area (Å²) in [7, 11) is 1.44. The van der Waals surface area contributed by atoms with Gasteiger partial charge in [-0.05, 0) is 36.6 Å². The van der Waals surface area contributed by atoms with Crippen LogP contribution in [0.5, 0.6) is 5.75 Å². The third-order valence-corrected chi connectivity index (χ3v) is 4.86. The third-order valence-electron chi connectivity index (χ3n) is 4.86. The first kappa shape index (κ1) is 21.2. The van der Waals surface area contributed by atoms with Crippen molar-refractivity contribution in [3.63, 3.8) is 0 Å². The molecule has 2 aromatic carbocycles. The van der Waals surface area contributed by atoms with E-state index in [0.717, 1.165) is 4.90 Å². The lowest BCUT2D eigenvalue weighted by Crippen LogP contribution is -2.46. The molecule has 3 rings (SSSR count). The number of imide groups is 1. The maximum Gasteiger partial charge on any atom is 0.329 e. The van der Waals surface area contributed by atoms with E-state index in [1.807, 2.05) is 13.8 Å². The molecule has 0 radical (unpaired) electrons. The summed E-state index contributed by atoms with van der Waals surface area (Å²) in [6, 6.07) is 11.9. The largest absolute Gasteiger partial charge is 0.496 e. The predicted molar refractivity (Wildman–Crippen MR) is 108 cm³/mol. The Bertz CT molecular complexity index is 962. The molecule has 0 saturated heterocycles. The maximum atomic E-state index is 12.8. The van der Waals surface area contributed by atoms with Crippen molar-refractivity contribution in [1.82, 2.24) is 4.90 Å². The van der Waals surface area contributed by atoms with Gasteiger partial charge in [0.2, 0.25) is 5.78 Å². The van der Waals surface area contributed by atoms with Gasteiger partial charge < -0.3 is 9.47 Å². The molecule has 156 valence electrons. The molecule has 2 aromatic rings. The zero-order chi connectivity index (χ0) is 21.8. The van der Waals surface area contributed by atoms with Crippen LogP contribution in [-0.4, -0.2) is 48.2 Å². The Morgan fingerprint density at radius 3 is 2.07 bits per heavy atom. The van der Waals surface area contributed by atoms with Crippen LogP contribution in [0.25, 0.3) is 0 Å². The van der Waals surface area contributed by atoms with E-state index in [9.17, 15) is 19.2 Å². The highest BCUT2D eigenvalue weighted by atomic mass is 16.5. The lowest BCUT2D eigenvalue weighted by Gasteiger charge is -2.25. The second kappa shape index (κ2) is 8.90. The number of Topliss-reactive ketones (excluding diaryl/α,β-unsaturated/α-hetero) is 1. The summed E-state index contributed by atoms with van der Waals surface area (Å²) in [5, 5.41) is 0. The van der Waals surface area contributed by atoms with E-state index in [2.05, 4.69) is 0 Å². The average Bonchev–Trinajstić information content (AvgIpc) is 3.00. The van der Waals surface area contributed by atoms with E-state index in [4.69, 9.17) is 9.47 Å². The van der Waals surface area contributed by atoms with E-state index in [1.54, 1.807) is 48.5 Å². The summed E-state index contributed by atoms with van der Waals surface area (Å²) in [6.45, 7) is 3.23. The Balaban J connectivity index is 1.78. The second-order valence-corrected chi connectivity index (χ2v) is 7.40. The molecule has 0 N–H and O–H groups in total. The number of rotatable bonds is 8. The monoisotopic (exact) mass is 409 g/mol. The molecule has 0 aromatic heterocycles. The first-order valence-corrected chi connectivity index (χ1v) is 9.65. The number of ether oxygens (including phenoxy) is 2. The first-order chi connectivity index (χ1) is 14.3. The third kappa shape index (κ3) is 4.10. The van der Waals surface area contributed by atoms with Crippen molar-refractivity contribution in [2.45, 2.75) is 26.3 Å². The zero-order valence-electron chi connectivity index (χ0n) is 17.1. The molecule has 1 aliphatic heterocycles. The van der Waals surface area contributed by atoms with Crippen LogP contribution in [0.1, 0.15) is 51.3 Å². The zero-order valence-corrected chi connectivity index (χ0v) is 17.1. The van der Waals surface area contributed by atoms with E-state index in [-0.39, 0.29) is 29.0 Å². The van der Waals surface area contributed by atoms with Gasteiger partial charge in [-0.2, -0.15) is 0 Å². The summed E-state index contributed by atoms with van der Waals surface area (Å²) in [5.41, 5.74) is 0.803. The molecule has 7 nitrogen and oxygen atoms in total. The molecule has 2 amide bonds.